The molecule has 1 aromatic rings. The highest BCUT2D eigenvalue weighted by atomic mass is 32.2. The van der Waals surface area contributed by atoms with Crippen molar-refractivity contribution in [1.29, 1.82) is 0 Å². The van der Waals surface area contributed by atoms with Gasteiger partial charge in [-0.1, -0.05) is 0 Å². The van der Waals surface area contributed by atoms with E-state index in [1.54, 1.807) is 23.1 Å². The van der Waals surface area contributed by atoms with Crippen LogP contribution in [0.5, 0.6) is 0 Å². The van der Waals surface area contributed by atoms with Gasteiger partial charge >= 0.3 is 0 Å². The standard InChI is InChI=1S/C7H8OS2/c1-5-6(3-8)4-10-7(5)9-2/h3-4H,1-2H3. The van der Waals surface area contributed by atoms with Crippen LogP contribution in [-0.2, 0) is 0 Å². The van der Waals surface area contributed by atoms with E-state index < -0.39 is 0 Å². The third-order valence-electron chi connectivity index (χ3n) is 1.34. The van der Waals surface area contributed by atoms with Gasteiger partial charge in [0.05, 0.1) is 4.21 Å². The Morgan fingerprint density at radius 2 is 2.40 bits per heavy atom. The first-order valence-corrected chi connectivity index (χ1v) is 4.97. The third kappa shape index (κ3) is 1.25. The Labute approximate surface area is 68.5 Å². The molecule has 10 heavy (non-hydrogen) atoms. The molecule has 1 nitrogen and oxygen atoms in total. The lowest BCUT2D eigenvalue weighted by molar-refractivity contribution is 0.112. The second-order valence-electron chi connectivity index (χ2n) is 1.93. The first-order valence-electron chi connectivity index (χ1n) is 2.87. The molecule has 0 spiro atoms. The molecule has 54 valence electrons. The van der Waals surface area contributed by atoms with Crippen LogP contribution < -0.4 is 0 Å². The number of carbonyl (C=O) groups excluding carboxylic acids is 1. The molecule has 0 radical (unpaired) electrons. The Morgan fingerprint density at radius 1 is 1.70 bits per heavy atom. The zero-order valence-electron chi connectivity index (χ0n) is 5.88. The van der Waals surface area contributed by atoms with Gasteiger partial charge in [-0.15, -0.1) is 23.1 Å². The van der Waals surface area contributed by atoms with E-state index in [2.05, 4.69) is 0 Å². The van der Waals surface area contributed by atoms with Gasteiger partial charge in [-0.3, -0.25) is 4.79 Å². The van der Waals surface area contributed by atoms with Crippen molar-refractivity contribution < 1.29 is 4.79 Å². The molecule has 0 bridgehead atoms. The van der Waals surface area contributed by atoms with Gasteiger partial charge < -0.3 is 0 Å². The molecule has 0 N–H and O–H groups in total. The Bertz CT molecular complexity index is 240. The summed E-state index contributed by atoms with van der Waals surface area (Å²) in [5, 5.41) is 1.90. The molecule has 0 aromatic carbocycles. The van der Waals surface area contributed by atoms with E-state index in [-0.39, 0.29) is 0 Å². The smallest absolute Gasteiger partial charge is 0.151 e. The fourth-order valence-corrected chi connectivity index (χ4v) is 2.44. The van der Waals surface area contributed by atoms with Crippen LogP contribution in [0.25, 0.3) is 0 Å². The van der Waals surface area contributed by atoms with Gasteiger partial charge in [0, 0.05) is 10.9 Å². The summed E-state index contributed by atoms with van der Waals surface area (Å²) in [4.78, 5) is 10.4. The molecule has 0 fully saturated rings. The van der Waals surface area contributed by atoms with Crippen molar-refractivity contribution in [3.8, 4) is 0 Å². The molecule has 0 atom stereocenters. The zero-order valence-corrected chi connectivity index (χ0v) is 7.51. The highest BCUT2D eigenvalue weighted by molar-refractivity contribution is 8.00. The van der Waals surface area contributed by atoms with Crippen molar-refractivity contribution in [2.45, 2.75) is 11.1 Å². The zero-order chi connectivity index (χ0) is 7.56. The normalized spacial score (nSPS) is 9.80. The van der Waals surface area contributed by atoms with Gasteiger partial charge in [0.1, 0.15) is 0 Å². The molecule has 3 heteroatoms. The molecule has 0 aliphatic heterocycles. The molecule has 0 unspecified atom stereocenters. The lowest BCUT2D eigenvalue weighted by atomic mass is 10.2. The van der Waals surface area contributed by atoms with Crippen LogP contribution in [0.4, 0.5) is 0 Å². The number of thioether (sulfide) groups is 1. The predicted molar refractivity (Wildman–Crippen MR) is 46.2 cm³/mol. The largest absolute Gasteiger partial charge is 0.298 e. The summed E-state index contributed by atoms with van der Waals surface area (Å²) < 4.78 is 1.24. The van der Waals surface area contributed by atoms with E-state index in [0.29, 0.717) is 0 Å². The molecule has 0 aliphatic carbocycles. The molecular weight excluding hydrogens is 164 g/mol. The average molecular weight is 172 g/mol. The lowest BCUT2D eigenvalue weighted by Gasteiger charge is -1.90. The van der Waals surface area contributed by atoms with E-state index in [0.717, 1.165) is 17.4 Å². The van der Waals surface area contributed by atoms with Gasteiger partial charge in [0.2, 0.25) is 0 Å². The van der Waals surface area contributed by atoms with Crippen LogP contribution in [-0.4, -0.2) is 12.5 Å². The van der Waals surface area contributed by atoms with Gasteiger partial charge in [0.25, 0.3) is 0 Å². The van der Waals surface area contributed by atoms with Crippen molar-refractivity contribution >= 4 is 29.4 Å². The minimum Gasteiger partial charge on any atom is -0.298 e. The quantitative estimate of drug-likeness (QED) is 0.504. The Balaban J connectivity index is 3.08. The van der Waals surface area contributed by atoms with Gasteiger partial charge in [0.15, 0.2) is 6.29 Å². The van der Waals surface area contributed by atoms with E-state index in [4.69, 9.17) is 0 Å². The number of aldehydes is 1. The highest BCUT2D eigenvalue weighted by Crippen LogP contribution is 2.28. The average Bonchev–Trinajstić information content (AvgIpc) is 2.30. The molecule has 0 aliphatic rings. The fraction of sp³-hybridized carbons (Fsp3) is 0.286. The van der Waals surface area contributed by atoms with E-state index in [1.807, 2.05) is 18.6 Å². The Kier molecular flexibility index (Phi) is 2.51. The summed E-state index contributed by atoms with van der Waals surface area (Å²) in [5.74, 6) is 0. The minimum absolute atomic E-state index is 0.828. The summed E-state index contributed by atoms with van der Waals surface area (Å²) in [7, 11) is 0. The summed E-state index contributed by atoms with van der Waals surface area (Å²) in [6.45, 7) is 1.98. The number of carbonyl (C=O) groups is 1. The topological polar surface area (TPSA) is 17.1 Å². The lowest BCUT2D eigenvalue weighted by Crippen LogP contribution is -1.77. The Morgan fingerprint density at radius 3 is 2.70 bits per heavy atom. The van der Waals surface area contributed by atoms with Crippen LogP contribution in [0.15, 0.2) is 9.59 Å². The molecule has 0 amide bonds. The van der Waals surface area contributed by atoms with Crippen molar-refractivity contribution in [3.63, 3.8) is 0 Å². The summed E-state index contributed by atoms with van der Waals surface area (Å²) in [6, 6.07) is 0. The number of hydrogen-bond acceptors (Lipinski definition) is 3. The molecule has 1 aromatic heterocycles. The van der Waals surface area contributed by atoms with E-state index in [9.17, 15) is 4.79 Å². The van der Waals surface area contributed by atoms with Crippen molar-refractivity contribution in [3.05, 3.63) is 16.5 Å². The number of thiophene rings is 1. The maximum Gasteiger partial charge on any atom is 0.151 e. The van der Waals surface area contributed by atoms with Crippen LogP contribution in [0.1, 0.15) is 15.9 Å². The van der Waals surface area contributed by atoms with Crippen molar-refractivity contribution in [2.24, 2.45) is 0 Å². The molecule has 1 heterocycles. The second-order valence-corrected chi connectivity index (χ2v) is 3.88. The van der Waals surface area contributed by atoms with Crippen LogP contribution >= 0.6 is 23.1 Å². The summed E-state index contributed by atoms with van der Waals surface area (Å²) in [5.41, 5.74) is 1.95. The summed E-state index contributed by atoms with van der Waals surface area (Å²) in [6.07, 6.45) is 2.93. The SMILES string of the molecule is CSc1scc(C=O)c1C. The number of hydrogen-bond donors (Lipinski definition) is 0. The summed E-state index contributed by atoms with van der Waals surface area (Å²) >= 11 is 3.32. The predicted octanol–water partition coefficient (Wildman–Crippen LogP) is 2.59. The highest BCUT2D eigenvalue weighted by Gasteiger charge is 2.03. The van der Waals surface area contributed by atoms with Crippen LogP contribution in [0.3, 0.4) is 0 Å². The fourth-order valence-electron chi connectivity index (χ4n) is 0.729. The monoisotopic (exact) mass is 172 g/mol. The maximum atomic E-state index is 10.4. The van der Waals surface area contributed by atoms with Crippen LogP contribution in [0, 0.1) is 6.92 Å². The van der Waals surface area contributed by atoms with Gasteiger partial charge in [-0.05, 0) is 18.7 Å². The van der Waals surface area contributed by atoms with Crippen molar-refractivity contribution in [1.82, 2.24) is 0 Å². The van der Waals surface area contributed by atoms with E-state index >= 15 is 0 Å². The van der Waals surface area contributed by atoms with Crippen LogP contribution in [0.2, 0.25) is 0 Å². The maximum absolute atomic E-state index is 10.4. The van der Waals surface area contributed by atoms with Gasteiger partial charge in [-0.2, -0.15) is 0 Å². The third-order valence-corrected chi connectivity index (χ3v) is 3.70. The van der Waals surface area contributed by atoms with Gasteiger partial charge in [-0.25, -0.2) is 0 Å². The Hall–Kier alpha value is -0.280. The molecule has 1 rings (SSSR count). The minimum atomic E-state index is 0.828. The number of rotatable bonds is 2. The molecule has 0 saturated heterocycles. The second kappa shape index (κ2) is 3.21. The molecular formula is C7H8OS2. The van der Waals surface area contributed by atoms with E-state index in [1.165, 1.54) is 4.21 Å². The molecule has 0 saturated carbocycles. The first-order chi connectivity index (χ1) is 4.79. The van der Waals surface area contributed by atoms with Crippen molar-refractivity contribution in [2.75, 3.05) is 6.26 Å². The first kappa shape index (κ1) is 7.82.